The lowest BCUT2D eigenvalue weighted by Crippen LogP contribution is -2.33. The second-order valence-electron chi connectivity index (χ2n) is 3.71. The smallest absolute Gasteiger partial charge is 0.347 e. The Hall–Kier alpha value is -1.61. The SMILES string of the molecule is COC(=O)[C@]12C=C[C@H](O1)c1ccccc12. The van der Waals surface area contributed by atoms with E-state index in [1.807, 2.05) is 30.3 Å². The molecule has 1 aromatic rings. The maximum absolute atomic E-state index is 11.8. The number of hydrogen-bond donors (Lipinski definition) is 0. The maximum atomic E-state index is 11.8. The van der Waals surface area contributed by atoms with Crippen molar-refractivity contribution in [2.24, 2.45) is 0 Å². The fourth-order valence-corrected chi connectivity index (χ4v) is 2.28. The highest BCUT2D eigenvalue weighted by Gasteiger charge is 2.52. The number of esters is 1. The molecule has 2 aliphatic heterocycles. The normalized spacial score (nSPS) is 30.3. The summed E-state index contributed by atoms with van der Waals surface area (Å²) < 4.78 is 10.5. The number of methoxy groups -OCH3 is 1. The number of rotatable bonds is 1. The first-order chi connectivity index (χ1) is 7.28. The van der Waals surface area contributed by atoms with Crippen molar-refractivity contribution in [2.45, 2.75) is 11.7 Å². The van der Waals surface area contributed by atoms with Crippen LogP contribution in [0.2, 0.25) is 0 Å². The first-order valence-corrected chi connectivity index (χ1v) is 4.83. The lowest BCUT2D eigenvalue weighted by Gasteiger charge is -2.20. The van der Waals surface area contributed by atoms with Crippen LogP contribution in [0.4, 0.5) is 0 Å². The zero-order chi connectivity index (χ0) is 10.5. The molecular formula is C12H10O3. The zero-order valence-electron chi connectivity index (χ0n) is 8.27. The Morgan fingerprint density at radius 2 is 2.27 bits per heavy atom. The van der Waals surface area contributed by atoms with E-state index in [9.17, 15) is 4.79 Å². The van der Waals surface area contributed by atoms with Gasteiger partial charge in [-0.05, 0) is 11.6 Å². The summed E-state index contributed by atoms with van der Waals surface area (Å²) in [7, 11) is 1.38. The molecule has 3 nitrogen and oxygen atoms in total. The third-order valence-corrected chi connectivity index (χ3v) is 2.97. The van der Waals surface area contributed by atoms with Crippen LogP contribution in [0.5, 0.6) is 0 Å². The van der Waals surface area contributed by atoms with Gasteiger partial charge in [0.1, 0.15) is 6.10 Å². The van der Waals surface area contributed by atoms with Crippen LogP contribution in [0, 0.1) is 0 Å². The summed E-state index contributed by atoms with van der Waals surface area (Å²) in [6.45, 7) is 0. The molecule has 0 saturated carbocycles. The molecule has 2 aliphatic rings. The lowest BCUT2D eigenvalue weighted by molar-refractivity contribution is -0.162. The molecule has 0 N–H and O–H groups in total. The van der Waals surface area contributed by atoms with Crippen molar-refractivity contribution >= 4 is 5.97 Å². The molecule has 1 aromatic carbocycles. The highest BCUT2D eigenvalue weighted by Crippen LogP contribution is 2.50. The van der Waals surface area contributed by atoms with Crippen molar-refractivity contribution in [1.82, 2.24) is 0 Å². The van der Waals surface area contributed by atoms with Crippen LogP contribution in [-0.2, 0) is 19.9 Å². The van der Waals surface area contributed by atoms with Crippen LogP contribution >= 0.6 is 0 Å². The molecule has 15 heavy (non-hydrogen) atoms. The lowest BCUT2D eigenvalue weighted by atomic mass is 9.87. The van der Waals surface area contributed by atoms with E-state index in [-0.39, 0.29) is 12.1 Å². The second kappa shape index (κ2) is 2.70. The Bertz CT molecular complexity index is 464. The van der Waals surface area contributed by atoms with Gasteiger partial charge in [-0.25, -0.2) is 4.79 Å². The van der Waals surface area contributed by atoms with Crippen molar-refractivity contribution in [3.8, 4) is 0 Å². The predicted molar refractivity (Wildman–Crippen MR) is 53.1 cm³/mol. The van der Waals surface area contributed by atoms with Gasteiger partial charge in [-0.2, -0.15) is 0 Å². The third kappa shape index (κ3) is 0.908. The molecule has 0 aromatic heterocycles. The van der Waals surface area contributed by atoms with Gasteiger partial charge < -0.3 is 9.47 Å². The molecule has 0 amide bonds. The summed E-state index contributed by atoms with van der Waals surface area (Å²) >= 11 is 0. The Balaban J connectivity index is 2.20. The van der Waals surface area contributed by atoms with E-state index < -0.39 is 5.60 Å². The molecule has 2 heterocycles. The molecule has 0 aliphatic carbocycles. The first-order valence-electron chi connectivity index (χ1n) is 4.83. The van der Waals surface area contributed by atoms with Crippen molar-refractivity contribution in [1.29, 1.82) is 0 Å². The Morgan fingerprint density at radius 1 is 1.47 bits per heavy atom. The molecule has 0 saturated heterocycles. The number of carbonyl (C=O) groups is 1. The highest BCUT2D eigenvalue weighted by atomic mass is 16.6. The average molecular weight is 202 g/mol. The van der Waals surface area contributed by atoms with Crippen LogP contribution < -0.4 is 0 Å². The standard InChI is InChI=1S/C12H10O3/c1-14-11(13)12-7-6-10(15-12)8-4-2-3-5-9(8)12/h2-7,10H,1H3/t10-,12+/m0/s1. The maximum Gasteiger partial charge on any atom is 0.347 e. The van der Waals surface area contributed by atoms with Gasteiger partial charge >= 0.3 is 5.97 Å². The molecule has 2 atom stereocenters. The van der Waals surface area contributed by atoms with E-state index in [4.69, 9.17) is 9.47 Å². The van der Waals surface area contributed by atoms with Gasteiger partial charge in [0, 0.05) is 5.56 Å². The molecule has 0 fully saturated rings. The van der Waals surface area contributed by atoms with Crippen molar-refractivity contribution in [2.75, 3.05) is 7.11 Å². The van der Waals surface area contributed by atoms with Gasteiger partial charge in [-0.1, -0.05) is 30.3 Å². The summed E-state index contributed by atoms with van der Waals surface area (Å²) in [5.74, 6) is -0.355. The quantitative estimate of drug-likeness (QED) is 0.513. The minimum atomic E-state index is -0.990. The van der Waals surface area contributed by atoms with E-state index >= 15 is 0 Å². The average Bonchev–Trinajstić information content (AvgIpc) is 2.86. The van der Waals surface area contributed by atoms with Crippen LogP contribution in [0.25, 0.3) is 0 Å². The van der Waals surface area contributed by atoms with E-state index in [0.29, 0.717) is 0 Å². The number of hydrogen-bond acceptors (Lipinski definition) is 3. The van der Waals surface area contributed by atoms with E-state index in [0.717, 1.165) is 11.1 Å². The topological polar surface area (TPSA) is 35.5 Å². The molecular weight excluding hydrogens is 192 g/mol. The summed E-state index contributed by atoms with van der Waals surface area (Å²) in [6.07, 6.45) is 3.59. The van der Waals surface area contributed by atoms with Crippen molar-refractivity contribution < 1.29 is 14.3 Å². The van der Waals surface area contributed by atoms with Gasteiger partial charge in [-0.3, -0.25) is 0 Å². The monoisotopic (exact) mass is 202 g/mol. The summed E-state index contributed by atoms with van der Waals surface area (Å²) in [6, 6.07) is 7.74. The fraction of sp³-hybridized carbons (Fsp3) is 0.250. The Morgan fingerprint density at radius 3 is 3.07 bits per heavy atom. The minimum Gasteiger partial charge on any atom is -0.466 e. The summed E-state index contributed by atoms with van der Waals surface area (Å²) in [5.41, 5.74) is 0.977. The second-order valence-corrected chi connectivity index (χ2v) is 3.71. The summed E-state index contributed by atoms with van der Waals surface area (Å²) in [4.78, 5) is 11.8. The van der Waals surface area contributed by atoms with Crippen LogP contribution in [0.15, 0.2) is 36.4 Å². The van der Waals surface area contributed by atoms with E-state index in [1.54, 1.807) is 6.08 Å². The molecule has 0 unspecified atom stereocenters. The molecule has 76 valence electrons. The largest absolute Gasteiger partial charge is 0.466 e. The minimum absolute atomic E-state index is 0.0969. The van der Waals surface area contributed by atoms with Gasteiger partial charge in [-0.15, -0.1) is 0 Å². The number of carbonyl (C=O) groups excluding carboxylic acids is 1. The predicted octanol–water partition coefficient (Wildman–Crippen LogP) is 1.70. The number of benzene rings is 1. The number of ether oxygens (including phenoxy) is 2. The van der Waals surface area contributed by atoms with Crippen LogP contribution in [0.1, 0.15) is 17.2 Å². The van der Waals surface area contributed by atoms with Gasteiger partial charge in [0.25, 0.3) is 0 Å². The van der Waals surface area contributed by atoms with Gasteiger partial charge in [0.2, 0.25) is 5.60 Å². The van der Waals surface area contributed by atoms with Crippen LogP contribution in [-0.4, -0.2) is 13.1 Å². The van der Waals surface area contributed by atoms with Crippen molar-refractivity contribution in [3.63, 3.8) is 0 Å². The first kappa shape index (κ1) is 8.68. The summed E-state index contributed by atoms with van der Waals surface area (Å²) in [5, 5.41) is 0. The number of fused-ring (bicyclic) bond motifs is 5. The molecule has 3 rings (SSSR count). The molecule has 0 radical (unpaired) electrons. The fourth-order valence-electron chi connectivity index (χ4n) is 2.28. The molecule has 3 heteroatoms. The van der Waals surface area contributed by atoms with Gasteiger partial charge in [0.15, 0.2) is 0 Å². The Labute approximate surface area is 87.3 Å². The van der Waals surface area contributed by atoms with E-state index in [2.05, 4.69) is 0 Å². The highest BCUT2D eigenvalue weighted by molar-refractivity contribution is 5.86. The van der Waals surface area contributed by atoms with E-state index in [1.165, 1.54) is 7.11 Å². The molecule has 2 bridgehead atoms. The zero-order valence-corrected chi connectivity index (χ0v) is 8.27. The third-order valence-electron chi connectivity index (χ3n) is 2.97. The van der Waals surface area contributed by atoms with Crippen molar-refractivity contribution in [3.05, 3.63) is 47.5 Å². The molecule has 0 spiro atoms. The van der Waals surface area contributed by atoms with Crippen LogP contribution in [0.3, 0.4) is 0 Å². The van der Waals surface area contributed by atoms with Gasteiger partial charge in [0.05, 0.1) is 7.11 Å². The Kier molecular flexibility index (Phi) is 1.56.